The van der Waals surface area contributed by atoms with E-state index in [1.54, 1.807) is 0 Å². The molecule has 1 aliphatic heterocycles. The minimum atomic E-state index is 0.136. The number of carbonyl (C=O) groups excluding carboxylic acids is 1. The van der Waals surface area contributed by atoms with Gasteiger partial charge in [-0.15, -0.1) is 0 Å². The highest BCUT2D eigenvalue weighted by atomic mass is 16.1. The van der Waals surface area contributed by atoms with Crippen LogP contribution in [0, 0.1) is 6.92 Å². The number of aryl methyl sites for hydroxylation is 1. The SMILES string of the molecule is Cc1ccc2c(c1)C(=O)c1ccccc1[B]2. The number of fused-ring (bicyclic) bond motifs is 2. The third-order valence-electron chi connectivity index (χ3n) is 2.97. The predicted molar refractivity (Wildman–Crippen MR) is 66.1 cm³/mol. The van der Waals surface area contributed by atoms with Crippen molar-refractivity contribution in [3.63, 3.8) is 0 Å². The molecule has 1 nitrogen and oxygen atoms in total. The molecule has 0 saturated heterocycles. The van der Waals surface area contributed by atoms with E-state index in [0.29, 0.717) is 0 Å². The van der Waals surface area contributed by atoms with Gasteiger partial charge in [-0.3, -0.25) is 4.79 Å². The molecule has 2 heteroatoms. The summed E-state index contributed by atoms with van der Waals surface area (Å²) in [6.45, 7) is 2.01. The number of ketones is 1. The van der Waals surface area contributed by atoms with E-state index < -0.39 is 0 Å². The largest absolute Gasteiger partial charge is 0.289 e. The Bertz CT molecular complexity index is 587. The summed E-state index contributed by atoms with van der Waals surface area (Å²) < 4.78 is 0. The van der Waals surface area contributed by atoms with E-state index in [0.717, 1.165) is 27.6 Å². The Morgan fingerprint density at radius 3 is 2.56 bits per heavy atom. The normalized spacial score (nSPS) is 12.7. The van der Waals surface area contributed by atoms with E-state index >= 15 is 0 Å². The maximum atomic E-state index is 12.2. The highest BCUT2D eigenvalue weighted by molar-refractivity contribution is 6.72. The summed E-state index contributed by atoms with van der Waals surface area (Å²) in [6, 6.07) is 13.8. The van der Waals surface area contributed by atoms with Crippen molar-refractivity contribution in [2.45, 2.75) is 6.92 Å². The molecule has 0 unspecified atom stereocenters. The molecule has 1 radical (unpaired) electrons. The van der Waals surface area contributed by atoms with Crippen molar-refractivity contribution < 1.29 is 4.79 Å². The average Bonchev–Trinajstić information content (AvgIpc) is 2.31. The van der Waals surface area contributed by atoms with Crippen LogP contribution in [0.3, 0.4) is 0 Å². The lowest BCUT2D eigenvalue weighted by Crippen LogP contribution is -2.40. The van der Waals surface area contributed by atoms with Crippen LogP contribution in [0.25, 0.3) is 0 Å². The summed E-state index contributed by atoms with van der Waals surface area (Å²) in [5.74, 6) is 0.136. The van der Waals surface area contributed by atoms with Crippen molar-refractivity contribution in [2.75, 3.05) is 0 Å². The molecule has 0 spiro atoms. The minimum Gasteiger partial charge on any atom is -0.289 e. The molecular weight excluding hydrogens is 195 g/mol. The second-order valence-corrected chi connectivity index (χ2v) is 4.15. The Morgan fingerprint density at radius 2 is 1.69 bits per heavy atom. The summed E-state index contributed by atoms with van der Waals surface area (Å²) in [7, 11) is 2.07. The van der Waals surface area contributed by atoms with Crippen LogP contribution in [0.2, 0.25) is 0 Å². The first-order valence-corrected chi connectivity index (χ1v) is 5.35. The smallest absolute Gasteiger partial charge is 0.193 e. The molecule has 2 aromatic rings. The first-order chi connectivity index (χ1) is 7.75. The second kappa shape index (κ2) is 3.34. The summed E-state index contributed by atoms with van der Waals surface area (Å²) in [5.41, 5.74) is 4.79. The van der Waals surface area contributed by atoms with Crippen molar-refractivity contribution >= 4 is 24.0 Å². The van der Waals surface area contributed by atoms with Gasteiger partial charge >= 0.3 is 0 Å². The quantitative estimate of drug-likeness (QED) is 0.504. The van der Waals surface area contributed by atoms with Crippen molar-refractivity contribution in [2.24, 2.45) is 0 Å². The van der Waals surface area contributed by atoms with E-state index in [1.807, 2.05) is 49.4 Å². The molecule has 16 heavy (non-hydrogen) atoms. The first-order valence-electron chi connectivity index (χ1n) is 5.35. The molecular formula is C14H10BO. The number of hydrogen-bond donors (Lipinski definition) is 0. The summed E-state index contributed by atoms with van der Waals surface area (Å²) in [5, 5.41) is 0. The maximum Gasteiger partial charge on any atom is 0.193 e. The molecule has 3 rings (SSSR count). The van der Waals surface area contributed by atoms with Crippen LogP contribution < -0.4 is 10.9 Å². The summed E-state index contributed by atoms with van der Waals surface area (Å²) >= 11 is 0. The van der Waals surface area contributed by atoms with Gasteiger partial charge in [0.15, 0.2) is 13.1 Å². The minimum absolute atomic E-state index is 0.136. The van der Waals surface area contributed by atoms with Crippen molar-refractivity contribution in [3.8, 4) is 0 Å². The van der Waals surface area contributed by atoms with Gasteiger partial charge in [-0.2, -0.15) is 0 Å². The van der Waals surface area contributed by atoms with Crippen LogP contribution >= 0.6 is 0 Å². The van der Waals surface area contributed by atoms with Gasteiger partial charge in [0.1, 0.15) is 0 Å². The van der Waals surface area contributed by atoms with E-state index in [4.69, 9.17) is 0 Å². The Labute approximate surface area is 95.4 Å². The van der Waals surface area contributed by atoms with E-state index in [1.165, 1.54) is 0 Å². The number of carbonyl (C=O) groups is 1. The molecule has 0 aromatic heterocycles. The number of hydrogen-bond acceptors (Lipinski definition) is 1. The van der Waals surface area contributed by atoms with E-state index in [-0.39, 0.29) is 5.78 Å². The van der Waals surface area contributed by atoms with Gasteiger partial charge < -0.3 is 0 Å². The molecule has 1 aliphatic rings. The van der Waals surface area contributed by atoms with Gasteiger partial charge in [-0.05, 0) is 13.0 Å². The average molecular weight is 205 g/mol. The molecule has 75 valence electrons. The molecule has 2 aromatic carbocycles. The van der Waals surface area contributed by atoms with Gasteiger partial charge in [-0.25, -0.2) is 0 Å². The van der Waals surface area contributed by atoms with Crippen LogP contribution in [0.5, 0.6) is 0 Å². The fourth-order valence-electron chi connectivity index (χ4n) is 2.13. The summed E-state index contributed by atoms with van der Waals surface area (Å²) in [6.07, 6.45) is 0. The highest BCUT2D eigenvalue weighted by Crippen LogP contribution is 2.12. The zero-order valence-corrected chi connectivity index (χ0v) is 9.03. The topological polar surface area (TPSA) is 17.1 Å². The molecule has 0 atom stereocenters. The van der Waals surface area contributed by atoms with Gasteiger partial charge in [-0.1, -0.05) is 52.9 Å². The number of benzene rings is 2. The maximum absolute atomic E-state index is 12.2. The van der Waals surface area contributed by atoms with Crippen LogP contribution in [0.15, 0.2) is 42.5 Å². The molecule has 0 aliphatic carbocycles. The lowest BCUT2D eigenvalue weighted by Gasteiger charge is -2.17. The molecule has 0 fully saturated rings. The van der Waals surface area contributed by atoms with Crippen molar-refractivity contribution in [3.05, 3.63) is 59.2 Å². The van der Waals surface area contributed by atoms with Gasteiger partial charge in [0.2, 0.25) is 0 Å². The zero-order chi connectivity index (χ0) is 11.1. The Hall–Kier alpha value is -1.83. The van der Waals surface area contributed by atoms with E-state index in [9.17, 15) is 4.79 Å². The highest BCUT2D eigenvalue weighted by Gasteiger charge is 2.22. The van der Waals surface area contributed by atoms with Crippen molar-refractivity contribution in [1.82, 2.24) is 0 Å². The Morgan fingerprint density at radius 1 is 0.938 bits per heavy atom. The Balaban J connectivity index is 2.23. The second-order valence-electron chi connectivity index (χ2n) is 4.15. The lowest BCUT2D eigenvalue weighted by molar-refractivity contribution is 0.104. The van der Waals surface area contributed by atoms with Gasteiger partial charge in [0.05, 0.1) is 0 Å². The van der Waals surface area contributed by atoms with Crippen LogP contribution in [-0.4, -0.2) is 13.1 Å². The monoisotopic (exact) mass is 205 g/mol. The molecule has 0 bridgehead atoms. The van der Waals surface area contributed by atoms with Gasteiger partial charge in [0.25, 0.3) is 0 Å². The third kappa shape index (κ3) is 1.30. The predicted octanol–water partition coefficient (Wildman–Crippen LogP) is 1.19. The van der Waals surface area contributed by atoms with E-state index in [2.05, 4.69) is 7.28 Å². The van der Waals surface area contributed by atoms with Crippen LogP contribution in [0.1, 0.15) is 21.5 Å². The third-order valence-corrected chi connectivity index (χ3v) is 2.97. The molecule has 1 heterocycles. The molecule has 0 saturated carbocycles. The zero-order valence-electron chi connectivity index (χ0n) is 9.03. The fourth-order valence-corrected chi connectivity index (χ4v) is 2.13. The number of rotatable bonds is 0. The Kier molecular flexibility index (Phi) is 1.96. The lowest BCUT2D eigenvalue weighted by atomic mass is 9.56. The van der Waals surface area contributed by atoms with Gasteiger partial charge in [0, 0.05) is 11.1 Å². The van der Waals surface area contributed by atoms with Crippen LogP contribution in [0.4, 0.5) is 0 Å². The van der Waals surface area contributed by atoms with Crippen LogP contribution in [-0.2, 0) is 0 Å². The molecule has 0 N–H and O–H groups in total. The standard InChI is InChI=1S/C14H10BO/c1-9-6-7-13-11(8-9)14(16)10-4-2-3-5-12(10)15-13/h2-8H,1H3. The molecule has 0 amide bonds. The first kappa shape index (κ1) is 9.40. The van der Waals surface area contributed by atoms with Crippen molar-refractivity contribution in [1.29, 1.82) is 0 Å². The summed E-state index contributed by atoms with van der Waals surface area (Å²) in [4.78, 5) is 12.2. The fraction of sp³-hybridized carbons (Fsp3) is 0.0714.